The van der Waals surface area contributed by atoms with Crippen molar-refractivity contribution in [3.8, 4) is 10.7 Å². The Morgan fingerprint density at radius 2 is 1.86 bits per heavy atom. The molecule has 0 saturated carbocycles. The Kier molecular flexibility index (Phi) is 13.5. The van der Waals surface area contributed by atoms with Crippen molar-refractivity contribution in [1.82, 2.24) is 19.9 Å². The number of H-pyrrole nitrogens is 1. The molecule has 1 N–H and O–H groups in total. The van der Waals surface area contributed by atoms with Crippen LogP contribution in [-0.4, -0.2) is 57.9 Å². The molecule has 2 atom stereocenters. The van der Waals surface area contributed by atoms with Gasteiger partial charge in [0.05, 0.1) is 30.7 Å². The first-order chi connectivity index (χ1) is 20.2. The third kappa shape index (κ3) is 8.87. The molecular weight excluding hydrogens is 628 g/mol. The highest BCUT2D eigenvalue weighted by Crippen LogP contribution is 2.34. The van der Waals surface area contributed by atoms with E-state index in [0.29, 0.717) is 37.2 Å². The van der Waals surface area contributed by atoms with Crippen molar-refractivity contribution in [2.24, 2.45) is 0 Å². The van der Waals surface area contributed by atoms with Crippen LogP contribution in [0.3, 0.4) is 0 Å². The van der Waals surface area contributed by atoms with Gasteiger partial charge in [0.1, 0.15) is 17.1 Å². The molecule has 1 spiro atoms. The molecule has 3 aromatic rings. The number of rotatable bonds is 8. The second kappa shape index (κ2) is 16.5. The van der Waals surface area contributed by atoms with Gasteiger partial charge in [0.2, 0.25) is 0 Å². The number of halogens is 3. The van der Waals surface area contributed by atoms with E-state index in [0.717, 1.165) is 22.3 Å². The number of pyridine rings is 1. The van der Waals surface area contributed by atoms with E-state index in [-0.39, 0.29) is 23.1 Å². The van der Waals surface area contributed by atoms with Gasteiger partial charge >= 0.3 is 0 Å². The minimum absolute atomic E-state index is 0.0456. The van der Waals surface area contributed by atoms with Crippen LogP contribution in [-0.2, 0) is 9.47 Å². The Hall–Kier alpha value is -2.28. The summed E-state index contributed by atoms with van der Waals surface area (Å²) in [5.74, 6) is 0.379. The zero-order valence-corrected chi connectivity index (χ0v) is 27.4. The number of thiophene rings is 1. The molecule has 2 aliphatic rings. The number of nitrogens with zero attached hydrogens (tertiary/aromatic N) is 4. The van der Waals surface area contributed by atoms with Crippen LogP contribution >= 0.6 is 27.3 Å². The van der Waals surface area contributed by atoms with E-state index in [2.05, 4.69) is 61.5 Å². The second-order valence-corrected chi connectivity index (χ2v) is 12.3. The van der Waals surface area contributed by atoms with Gasteiger partial charge in [-0.05, 0) is 46.8 Å². The summed E-state index contributed by atoms with van der Waals surface area (Å²) in [5, 5.41) is 1.87. The van der Waals surface area contributed by atoms with Gasteiger partial charge < -0.3 is 19.4 Å². The Morgan fingerprint density at radius 3 is 2.40 bits per heavy atom. The minimum atomic E-state index is -2.67. The van der Waals surface area contributed by atoms with Gasteiger partial charge in [-0.1, -0.05) is 59.4 Å². The van der Waals surface area contributed by atoms with Crippen molar-refractivity contribution in [3.63, 3.8) is 0 Å². The highest BCUT2D eigenvalue weighted by molar-refractivity contribution is 9.10. The molecule has 0 amide bonds. The fourth-order valence-corrected chi connectivity index (χ4v) is 5.48. The first-order valence-electron chi connectivity index (χ1n) is 14.6. The average Bonchev–Trinajstić information content (AvgIpc) is 3.52. The molecule has 232 valence electrons. The number of morpholine rings is 1. The van der Waals surface area contributed by atoms with Crippen molar-refractivity contribution in [2.75, 3.05) is 31.3 Å². The van der Waals surface area contributed by atoms with Gasteiger partial charge in [-0.25, -0.2) is 23.7 Å². The number of aromatic nitrogens is 4. The lowest BCUT2D eigenvalue weighted by molar-refractivity contribution is -0.228. The topological polar surface area (TPSA) is 93.2 Å². The smallest absolute Gasteiger partial charge is 0.297 e. The summed E-state index contributed by atoms with van der Waals surface area (Å²) in [4.78, 5) is 29.5. The van der Waals surface area contributed by atoms with Gasteiger partial charge in [0.15, 0.2) is 11.6 Å². The fraction of sp³-hybridized carbons (Fsp3) is 0.600. The number of aromatic amines is 1. The lowest BCUT2D eigenvalue weighted by Crippen LogP contribution is -2.68. The number of unbranched alkanes of at least 4 members (excludes halogenated alkanes) is 3. The Bertz CT molecular complexity index is 1290. The molecule has 2 unspecified atom stereocenters. The van der Waals surface area contributed by atoms with Crippen LogP contribution in [0.1, 0.15) is 90.7 Å². The SMILES string of the molecule is CC1N(c2cc(Br)c[nH]c2=O)CCOC12COC2.CCC(C)c1nc(-c2cccs2)nc(C(F)F)n1.CCCCCC. The number of ether oxygens (including phenoxy) is 2. The van der Waals surface area contributed by atoms with Gasteiger partial charge in [0, 0.05) is 23.1 Å². The van der Waals surface area contributed by atoms with E-state index >= 15 is 0 Å². The lowest BCUT2D eigenvalue weighted by atomic mass is 9.90. The molecule has 0 aromatic carbocycles. The second-order valence-electron chi connectivity index (χ2n) is 10.5. The Morgan fingerprint density at radius 1 is 1.17 bits per heavy atom. The zero-order chi connectivity index (χ0) is 30.7. The van der Waals surface area contributed by atoms with Crippen LogP contribution in [0.2, 0.25) is 0 Å². The van der Waals surface area contributed by atoms with E-state index in [1.54, 1.807) is 6.20 Å². The third-order valence-corrected chi connectivity index (χ3v) is 8.74. The summed E-state index contributed by atoms with van der Waals surface area (Å²) in [5.41, 5.74) is 0.376. The summed E-state index contributed by atoms with van der Waals surface area (Å²) in [6, 6.07) is 5.65. The summed E-state index contributed by atoms with van der Waals surface area (Å²) < 4.78 is 37.6. The van der Waals surface area contributed by atoms with Crippen LogP contribution in [0, 0.1) is 0 Å². The molecule has 2 fully saturated rings. The zero-order valence-electron chi connectivity index (χ0n) is 25.0. The summed E-state index contributed by atoms with van der Waals surface area (Å²) in [6.45, 7) is 13.0. The maximum atomic E-state index is 12.8. The molecule has 2 saturated heterocycles. The van der Waals surface area contributed by atoms with Crippen LogP contribution in [0.15, 0.2) is 39.0 Å². The van der Waals surface area contributed by atoms with Gasteiger partial charge in [0.25, 0.3) is 12.0 Å². The van der Waals surface area contributed by atoms with E-state index in [4.69, 9.17) is 9.47 Å². The molecule has 42 heavy (non-hydrogen) atoms. The van der Waals surface area contributed by atoms with Crippen LogP contribution in [0.4, 0.5) is 14.5 Å². The molecule has 3 aromatic heterocycles. The van der Waals surface area contributed by atoms with Gasteiger partial charge in [-0.3, -0.25) is 4.79 Å². The van der Waals surface area contributed by atoms with E-state index in [1.807, 2.05) is 37.4 Å². The van der Waals surface area contributed by atoms with Crippen molar-refractivity contribution >= 4 is 33.0 Å². The quantitative estimate of drug-likeness (QED) is 0.245. The van der Waals surface area contributed by atoms with Crippen LogP contribution in [0.25, 0.3) is 10.7 Å². The summed E-state index contributed by atoms with van der Waals surface area (Å²) in [7, 11) is 0. The largest absolute Gasteiger partial charge is 0.375 e. The number of alkyl halides is 2. The van der Waals surface area contributed by atoms with E-state index in [1.165, 1.54) is 37.0 Å². The number of anilines is 1. The molecule has 12 heteroatoms. The first kappa shape index (κ1) is 34.2. The maximum absolute atomic E-state index is 12.8. The standard InChI is InChI=1S/C12H15BrN2O3.C12H13F2N3S.C6H14/c1-8-12(6-17-7-12)18-3-2-15(8)10-4-9(13)5-14-11(10)16;1-3-7(2)10-15-11(8-5-4-6-18-8)17-12(16-10)9(13)14;1-3-5-6-4-2/h4-5,8H,2-3,6-7H2,1H3,(H,14,16);4-7,9H,3H2,1-2H3;3-6H2,1-2H3. The summed E-state index contributed by atoms with van der Waals surface area (Å²) >= 11 is 4.82. The lowest BCUT2D eigenvalue weighted by Gasteiger charge is -2.53. The highest BCUT2D eigenvalue weighted by Gasteiger charge is 2.50. The van der Waals surface area contributed by atoms with Crippen LogP contribution in [0.5, 0.6) is 0 Å². The number of hydrogen-bond acceptors (Lipinski definition) is 8. The molecule has 0 radical (unpaired) electrons. The van der Waals surface area contributed by atoms with Crippen molar-refractivity contribution in [3.05, 3.63) is 56.3 Å². The molecule has 5 rings (SSSR count). The molecule has 0 bridgehead atoms. The third-order valence-electron chi connectivity index (χ3n) is 7.42. The molecular formula is C30H42BrF2N5O3S. The average molecular weight is 671 g/mol. The van der Waals surface area contributed by atoms with E-state index < -0.39 is 12.2 Å². The predicted octanol–water partition coefficient (Wildman–Crippen LogP) is 7.77. The highest BCUT2D eigenvalue weighted by atomic mass is 79.9. The van der Waals surface area contributed by atoms with Gasteiger partial charge in [-0.15, -0.1) is 11.3 Å². The number of nitrogens with one attached hydrogen (secondary N) is 1. The van der Waals surface area contributed by atoms with Crippen molar-refractivity contribution in [2.45, 2.75) is 90.7 Å². The van der Waals surface area contributed by atoms with Gasteiger partial charge in [-0.2, -0.15) is 0 Å². The maximum Gasteiger partial charge on any atom is 0.297 e. The first-order valence-corrected chi connectivity index (χ1v) is 16.3. The summed E-state index contributed by atoms with van der Waals surface area (Å²) in [6.07, 6.45) is 5.32. The normalized spacial score (nSPS) is 18.0. The Balaban J connectivity index is 0.000000194. The minimum Gasteiger partial charge on any atom is -0.375 e. The van der Waals surface area contributed by atoms with Crippen LogP contribution < -0.4 is 10.5 Å². The van der Waals surface area contributed by atoms with Crippen molar-refractivity contribution in [1.29, 1.82) is 0 Å². The molecule has 0 aliphatic carbocycles. The molecule has 5 heterocycles. The monoisotopic (exact) mass is 669 g/mol. The van der Waals surface area contributed by atoms with E-state index in [9.17, 15) is 13.6 Å². The predicted molar refractivity (Wildman–Crippen MR) is 168 cm³/mol. The fourth-order valence-electron chi connectivity index (χ4n) is 4.49. The number of hydrogen-bond donors (Lipinski definition) is 1. The molecule has 8 nitrogen and oxygen atoms in total. The van der Waals surface area contributed by atoms with Crippen molar-refractivity contribution < 1.29 is 18.3 Å². The Labute approximate surface area is 259 Å². The molecule has 2 aliphatic heterocycles.